The summed E-state index contributed by atoms with van der Waals surface area (Å²) in [6, 6.07) is 12.7. The first-order valence-corrected chi connectivity index (χ1v) is 8.71. The standard InChI is InChI=1S/C18H19NO2S/c1-4-16-12-15-7-5-6-14(3)18(15)19(16)22(20,21)17-10-8-13(2)9-11-17/h4-11,16H,1,12H2,2-3H3. The van der Waals surface area contributed by atoms with Gasteiger partial charge in [-0.05, 0) is 43.5 Å². The molecule has 2 aromatic carbocycles. The predicted molar refractivity (Wildman–Crippen MR) is 89.7 cm³/mol. The minimum absolute atomic E-state index is 0.234. The number of hydrogen-bond donors (Lipinski definition) is 0. The minimum atomic E-state index is -3.59. The number of benzene rings is 2. The SMILES string of the molecule is C=CC1Cc2cccc(C)c2N1S(=O)(=O)c1ccc(C)cc1. The van der Waals surface area contributed by atoms with E-state index >= 15 is 0 Å². The monoisotopic (exact) mass is 313 g/mol. The molecule has 0 aromatic heterocycles. The summed E-state index contributed by atoms with van der Waals surface area (Å²) in [4.78, 5) is 0.320. The molecule has 1 aliphatic rings. The van der Waals surface area contributed by atoms with Crippen molar-refractivity contribution < 1.29 is 8.42 Å². The molecule has 114 valence electrons. The number of aryl methyl sites for hydroxylation is 2. The van der Waals surface area contributed by atoms with E-state index < -0.39 is 10.0 Å². The number of hydrogen-bond acceptors (Lipinski definition) is 2. The van der Waals surface area contributed by atoms with Crippen LogP contribution in [-0.2, 0) is 16.4 Å². The second-order valence-electron chi connectivity index (χ2n) is 5.70. The fraction of sp³-hybridized carbons (Fsp3) is 0.222. The lowest BCUT2D eigenvalue weighted by atomic mass is 10.1. The maximum absolute atomic E-state index is 13.1. The van der Waals surface area contributed by atoms with Crippen molar-refractivity contribution in [3.63, 3.8) is 0 Å². The Balaban J connectivity index is 2.17. The smallest absolute Gasteiger partial charge is 0.259 e. The van der Waals surface area contributed by atoms with Crippen LogP contribution in [0.2, 0.25) is 0 Å². The summed E-state index contributed by atoms with van der Waals surface area (Å²) in [6.45, 7) is 7.71. The lowest BCUT2D eigenvalue weighted by molar-refractivity contribution is 0.588. The van der Waals surface area contributed by atoms with Crippen LogP contribution in [0.3, 0.4) is 0 Å². The Hall–Kier alpha value is -2.07. The first kappa shape index (κ1) is 14.9. The van der Waals surface area contributed by atoms with E-state index in [2.05, 4.69) is 6.58 Å². The van der Waals surface area contributed by atoms with Gasteiger partial charge in [0.05, 0.1) is 16.6 Å². The van der Waals surface area contributed by atoms with E-state index in [-0.39, 0.29) is 6.04 Å². The molecule has 3 nitrogen and oxygen atoms in total. The molecule has 1 aliphatic heterocycles. The van der Waals surface area contributed by atoms with Crippen LogP contribution in [0.4, 0.5) is 5.69 Å². The van der Waals surface area contributed by atoms with Gasteiger partial charge in [0.1, 0.15) is 0 Å². The van der Waals surface area contributed by atoms with E-state index in [4.69, 9.17) is 0 Å². The molecule has 0 amide bonds. The van der Waals surface area contributed by atoms with Gasteiger partial charge in [-0.2, -0.15) is 0 Å². The topological polar surface area (TPSA) is 37.4 Å². The van der Waals surface area contributed by atoms with E-state index in [9.17, 15) is 8.42 Å². The van der Waals surface area contributed by atoms with E-state index in [1.165, 1.54) is 4.31 Å². The molecule has 3 rings (SSSR count). The van der Waals surface area contributed by atoms with Crippen molar-refractivity contribution in [3.8, 4) is 0 Å². The zero-order valence-corrected chi connectivity index (χ0v) is 13.6. The lowest BCUT2D eigenvalue weighted by Gasteiger charge is -2.26. The third kappa shape index (κ3) is 2.24. The van der Waals surface area contributed by atoms with E-state index in [1.807, 2.05) is 44.2 Å². The van der Waals surface area contributed by atoms with Crippen LogP contribution in [0, 0.1) is 13.8 Å². The van der Waals surface area contributed by atoms with Gasteiger partial charge in [0, 0.05) is 0 Å². The molecule has 0 saturated carbocycles. The van der Waals surface area contributed by atoms with Crippen LogP contribution < -0.4 is 4.31 Å². The van der Waals surface area contributed by atoms with Gasteiger partial charge in [-0.15, -0.1) is 6.58 Å². The van der Waals surface area contributed by atoms with Crippen molar-refractivity contribution in [1.82, 2.24) is 0 Å². The molecule has 0 radical (unpaired) electrons. The van der Waals surface area contributed by atoms with Crippen molar-refractivity contribution in [2.75, 3.05) is 4.31 Å². The lowest BCUT2D eigenvalue weighted by Crippen LogP contribution is -2.36. The Morgan fingerprint density at radius 1 is 1.14 bits per heavy atom. The minimum Gasteiger partial charge on any atom is -0.259 e. The van der Waals surface area contributed by atoms with Crippen LogP contribution in [0.25, 0.3) is 0 Å². The number of fused-ring (bicyclic) bond motifs is 1. The quantitative estimate of drug-likeness (QED) is 0.812. The Morgan fingerprint density at radius 2 is 1.82 bits per heavy atom. The highest BCUT2D eigenvalue weighted by molar-refractivity contribution is 7.93. The zero-order chi connectivity index (χ0) is 15.9. The van der Waals surface area contributed by atoms with Crippen molar-refractivity contribution in [3.05, 3.63) is 71.8 Å². The van der Waals surface area contributed by atoms with E-state index in [1.54, 1.807) is 18.2 Å². The summed E-state index contributed by atoms with van der Waals surface area (Å²) in [7, 11) is -3.59. The third-order valence-corrected chi connectivity index (χ3v) is 5.96. The average Bonchev–Trinajstić information content (AvgIpc) is 2.88. The van der Waals surface area contributed by atoms with Crippen molar-refractivity contribution in [2.24, 2.45) is 0 Å². The second kappa shape index (κ2) is 5.29. The van der Waals surface area contributed by atoms with Gasteiger partial charge >= 0.3 is 0 Å². The van der Waals surface area contributed by atoms with Gasteiger partial charge in [0.15, 0.2) is 0 Å². The fourth-order valence-electron chi connectivity index (χ4n) is 2.98. The summed E-state index contributed by atoms with van der Waals surface area (Å²) in [5.41, 5.74) is 3.86. The molecular formula is C18H19NO2S. The Bertz CT molecular complexity index is 823. The molecule has 0 aliphatic carbocycles. The first-order chi connectivity index (χ1) is 10.4. The van der Waals surface area contributed by atoms with Gasteiger partial charge in [0.2, 0.25) is 0 Å². The second-order valence-corrected chi connectivity index (χ2v) is 7.52. The van der Waals surface area contributed by atoms with Gasteiger partial charge in [-0.25, -0.2) is 8.42 Å². The molecule has 0 N–H and O–H groups in total. The number of para-hydroxylation sites is 1. The highest BCUT2D eigenvalue weighted by Crippen LogP contribution is 2.39. The molecule has 0 fully saturated rings. The Labute approximate surface area is 132 Å². The molecule has 1 atom stereocenters. The zero-order valence-electron chi connectivity index (χ0n) is 12.8. The fourth-order valence-corrected chi connectivity index (χ4v) is 4.70. The maximum atomic E-state index is 13.1. The Kier molecular flexibility index (Phi) is 3.57. The van der Waals surface area contributed by atoms with Crippen molar-refractivity contribution in [1.29, 1.82) is 0 Å². The number of rotatable bonds is 3. The third-order valence-electron chi connectivity index (χ3n) is 4.12. The summed E-state index contributed by atoms with van der Waals surface area (Å²) in [5, 5.41) is 0. The average molecular weight is 313 g/mol. The normalized spacial score (nSPS) is 17.4. The molecule has 0 bridgehead atoms. The van der Waals surface area contributed by atoms with E-state index in [0.717, 1.165) is 22.4 Å². The number of sulfonamides is 1. The highest BCUT2D eigenvalue weighted by atomic mass is 32.2. The maximum Gasteiger partial charge on any atom is 0.264 e. The largest absolute Gasteiger partial charge is 0.264 e. The molecule has 0 spiro atoms. The molecule has 22 heavy (non-hydrogen) atoms. The summed E-state index contributed by atoms with van der Waals surface area (Å²) in [5.74, 6) is 0. The number of nitrogens with zero attached hydrogens (tertiary/aromatic N) is 1. The van der Waals surface area contributed by atoms with Crippen LogP contribution >= 0.6 is 0 Å². The molecule has 0 saturated heterocycles. The Morgan fingerprint density at radius 3 is 2.45 bits per heavy atom. The molecule has 4 heteroatoms. The van der Waals surface area contributed by atoms with Gasteiger partial charge in [0.25, 0.3) is 10.0 Å². The van der Waals surface area contributed by atoms with Crippen molar-refractivity contribution >= 4 is 15.7 Å². The van der Waals surface area contributed by atoms with Crippen LogP contribution in [0.5, 0.6) is 0 Å². The van der Waals surface area contributed by atoms with Gasteiger partial charge in [-0.1, -0.05) is 42.0 Å². The molecular weight excluding hydrogens is 294 g/mol. The summed E-state index contributed by atoms with van der Waals surface area (Å²) >= 11 is 0. The summed E-state index contributed by atoms with van der Waals surface area (Å²) < 4.78 is 27.7. The predicted octanol–water partition coefficient (Wildman–Crippen LogP) is 3.61. The van der Waals surface area contributed by atoms with Crippen LogP contribution in [-0.4, -0.2) is 14.5 Å². The highest BCUT2D eigenvalue weighted by Gasteiger charge is 2.37. The molecule has 1 heterocycles. The molecule has 1 unspecified atom stereocenters. The molecule has 2 aromatic rings. The van der Waals surface area contributed by atoms with Crippen LogP contribution in [0.1, 0.15) is 16.7 Å². The first-order valence-electron chi connectivity index (χ1n) is 7.27. The van der Waals surface area contributed by atoms with Gasteiger partial charge < -0.3 is 0 Å². The number of anilines is 1. The summed E-state index contributed by atoms with van der Waals surface area (Å²) in [6.07, 6.45) is 2.39. The van der Waals surface area contributed by atoms with Crippen molar-refractivity contribution in [2.45, 2.75) is 31.2 Å². The van der Waals surface area contributed by atoms with E-state index in [0.29, 0.717) is 11.3 Å². The van der Waals surface area contributed by atoms with Crippen LogP contribution in [0.15, 0.2) is 60.0 Å². The van der Waals surface area contributed by atoms with Gasteiger partial charge in [-0.3, -0.25) is 4.31 Å².